The summed E-state index contributed by atoms with van der Waals surface area (Å²) < 4.78 is 0. The van der Waals surface area contributed by atoms with E-state index in [9.17, 15) is 0 Å². The average molecular weight is 158 g/mol. The van der Waals surface area contributed by atoms with Gasteiger partial charge in [0.1, 0.15) is 6.54 Å². The molecule has 60 valence electrons. The van der Waals surface area contributed by atoms with E-state index in [1.807, 2.05) is 43.3 Å². The zero-order valence-electron chi connectivity index (χ0n) is 6.99. The number of benzene rings is 1. The molecule has 0 unspecified atom stereocenters. The van der Waals surface area contributed by atoms with Crippen molar-refractivity contribution in [3.63, 3.8) is 0 Å². The molecule has 1 rings (SSSR count). The molecule has 0 aromatic heterocycles. The van der Waals surface area contributed by atoms with Gasteiger partial charge in [-0.25, -0.2) is 0 Å². The van der Waals surface area contributed by atoms with Crippen LogP contribution in [0.1, 0.15) is 12.5 Å². The van der Waals surface area contributed by atoms with Crippen molar-refractivity contribution >= 4 is 5.71 Å². The van der Waals surface area contributed by atoms with Crippen molar-refractivity contribution in [2.45, 2.75) is 6.92 Å². The Hall–Kier alpha value is -1.62. The molecular formula is C10H10N2. The van der Waals surface area contributed by atoms with Gasteiger partial charge in [0, 0.05) is 5.71 Å². The molecule has 0 amide bonds. The molecular weight excluding hydrogens is 148 g/mol. The molecule has 0 aliphatic rings. The monoisotopic (exact) mass is 158 g/mol. The molecule has 2 nitrogen and oxygen atoms in total. The van der Waals surface area contributed by atoms with Crippen LogP contribution in [0.25, 0.3) is 0 Å². The Balaban J connectivity index is 2.79. The van der Waals surface area contributed by atoms with E-state index in [1.165, 1.54) is 0 Å². The van der Waals surface area contributed by atoms with E-state index in [0.29, 0.717) is 0 Å². The smallest absolute Gasteiger partial charge is 0.126 e. The molecule has 2 heteroatoms. The summed E-state index contributed by atoms with van der Waals surface area (Å²) in [5.74, 6) is 0. The summed E-state index contributed by atoms with van der Waals surface area (Å²) in [7, 11) is 0. The number of hydrogen-bond donors (Lipinski definition) is 0. The number of nitrogens with zero attached hydrogens (tertiary/aromatic N) is 2. The van der Waals surface area contributed by atoms with Crippen LogP contribution in [0.5, 0.6) is 0 Å². The van der Waals surface area contributed by atoms with Crippen molar-refractivity contribution in [1.29, 1.82) is 5.26 Å². The zero-order valence-corrected chi connectivity index (χ0v) is 6.99. The highest BCUT2D eigenvalue weighted by Crippen LogP contribution is 2.00. The maximum absolute atomic E-state index is 8.30. The third kappa shape index (κ3) is 2.21. The van der Waals surface area contributed by atoms with Gasteiger partial charge in [-0.15, -0.1) is 0 Å². The molecule has 0 radical (unpaired) electrons. The van der Waals surface area contributed by atoms with Gasteiger partial charge in [0.25, 0.3) is 0 Å². The lowest BCUT2D eigenvalue weighted by molar-refractivity contribution is 1.23. The summed E-state index contributed by atoms with van der Waals surface area (Å²) in [5, 5.41) is 8.30. The first-order chi connectivity index (χ1) is 5.84. The fourth-order valence-electron chi connectivity index (χ4n) is 0.925. The number of hydrogen-bond acceptors (Lipinski definition) is 2. The molecule has 0 bridgehead atoms. The van der Waals surface area contributed by atoms with Gasteiger partial charge in [0.15, 0.2) is 0 Å². The SMILES string of the molecule is C/C(=N\CC#N)c1ccccc1. The summed E-state index contributed by atoms with van der Waals surface area (Å²) in [4.78, 5) is 4.07. The lowest BCUT2D eigenvalue weighted by atomic mass is 10.1. The van der Waals surface area contributed by atoms with Crippen LogP contribution in [0.2, 0.25) is 0 Å². The molecule has 0 fully saturated rings. The highest BCUT2D eigenvalue weighted by atomic mass is 14.7. The van der Waals surface area contributed by atoms with Gasteiger partial charge in [-0.1, -0.05) is 30.3 Å². The van der Waals surface area contributed by atoms with Crippen LogP contribution in [0, 0.1) is 11.3 Å². The number of rotatable bonds is 2. The van der Waals surface area contributed by atoms with Crippen molar-refractivity contribution in [2.24, 2.45) is 4.99 Å². The van der Waals surface area contributed by atoms with E-state index < -0.39 is 0 Å². The molecule has 0 heterocycles. The lowest BCUT2D eigenvalue weighted by Crippen LogP contribution is -1.94. The first kappa shape index (κ1) is 8.48. The second-order valence-electron chi connectivity index (χ2n) is 2.43. The van der Waals surface area contributed by atoms with Crippen LogP contribution in [-0.4, -0.2) is 12.3 Å². The van der Waals surface area contributed by atoms with Crippen LogP contribution in [-0.2, 0) is 0 Å². The van der Waals surface area contributed by atoms with E-state index in [4.69, 9.17) is 5.26 Å². The average Bonchev–Trinajstić information content (AvgIpc) is 2.15. The van der Waals surface area contributed by atoms with Crippen molar-refractivity contribution in [1.82, 2.24) is 0 Å². The highest BCUT2D eigenvalue weighted by Gasteiger charge is 1.92. The minimum atomic E-state index is 0.237. The molecule has 1 aromatic rings. The summed E-state index contributed by atoms with van der Waals surface area (Å²) in [6.07, 6.45) is 0. The van der Waals surface area contributed by atoms with Gasteiger partial charge >= 0.3 is 0 Å². The summed E-state index contributed by atoms with van der Waals surface area (Å²) >= 11 is 0. The Morgan fingerprint density at radius 2 is 2.08 bits per heavy atom. The fraction of sp³-hybridized carbons (Fsp3) is 0.200. The first-order valence-electron chi connectivity index (χ1n) is 3.78. The van der Waals surface area contributed by atoms with E-state index in [1.54, 1.807) is 0 Å². The maximum Gasteiger partial charge on any atom is 0.126 e. The van der Waals surface area contributed by atoms with Crippen molar-refractivity contribution in [3.05, 3.63) is 35.9 Å². The predicted molar refractivity (Wildman–Crippen MR) is 49.1 cm³/mol. The molecule has 1 aromatic carbocycles. The Bertz CT molecular complexity index is 306. The Morgan fingerprint density at radius 1 is 1.42 bits per heavy atom. The predicted octanol–water partition coefficient (Wildman–Crippen LogP) is 2.02. The number of aliphatic imine (C=N–C) groups is 1. The Kier molecular flexibility index (Phi) is 3.04. The molecule has 0 aliphatic heterocycles. The largest absolute Gasteiger partial charge is 0.274 e. The topological polar surface area (TPSA) is 36.1 Å². The second-order valence-corrected chi connectivity index (χ2v) is 2.43. The van der Waals surface area contributed by atoms with Crippen LogP contribution in [0.4, 0.5) is 0 Å². The molecule has 0 atom stereocenters. The van der Waals surface area contributed by atoms with Crippen LogP contribution in [0.3, 0.4) is 0 Å². The molecule has 12 heavy (non-hydrogen) atoms. The lowest BCUT2D eigenvalue weighted by Gasteiger charge is -1.97. The van der Waals surface area contributed by atoms with E-state index in [-0.39, 0.29) is 6.54 Å². The quantitative estimate of drug-likeness (QED) is 0.479. The van der Waals surface area contributed by atoms with Crippen LogP contribution >= 0.6 is 0 Å². The first-order valence-corrected chi connectivity index (χ1v) is 3.78. The van der Waals surface area contributed by atoms with E-state index >= 15 is 0 Å². The summed E-state index contributed by atoms with van der Waals surface area (Å²) in [5.41, 5.74) is 1.99. The van der Waals surface area contributed by atoms with Crippen molar-refractivity contribution in [3.8, 4) is 6.07 Å². The van der Waals surface area contributed by atoms with E-state index in [0.717, 1.165) is 11.3 Å². The Labute approximate surface area is 72.2 Å². The van der Waals surface area contributed by atoms with Crippen molar-refractivity contribution in [2.75, 3.05) is 6.54 Å². The minimum absolute atomic E-state index is 0.237. The van der Waals surface area contributed by atoms with Gasteiger partial charge in [-0.05, 0) is 12.5 Å². The zero-order chi connectivity index (χ0) is 8.81. The fourth-order valence-corrected chi connectivity index (χ4v) is 0.925. The van der Waals surface area contributed by atoms with Gasteiger partial charge in [-0.2, -0.15) is 5.26 Å². The normalized spacial score (nSPS) is 10.8. The molecule has 0 N–H and O–H groups in total. The van der Waals surface area contributed by atoms with Crippen molar-refractivity contribution < 1.29 is 0 Å². The number of nitriles is 1. The molecule has 0 saturated carbocycles. The highest BCUT2D eigenvalue weighted by molar-refractivity contribution is 5.98. The van der Waals surface area contributed by atoms with E-state index in [2.05, 4.69) is 4.99 Å². The van der Waals surface area contributed by atoms with Gasteiger partial charge in [-0.3, -0.25) is 4.99 Å². The van der Waals surface area contributed by atoms with Gasteiger partial charge < -0.3 is 0 Å². The van der Waals surface area contributed by atoms with Crippen LogP contribution in [0.15, 0.2) is 35.3 Å². The maximum atomic E-state index is 8.30. The summed E-state index contributed by atoms with van der Waals surface area (Å²) in [6, 6.07) is 11.8. The molecule has 0 spiro atoms. The molecule has 0 saturated heterocycles. The van der Waals surface area contributed by atoms with Gasteiger partial charge in [0.2, 0.25) is 0 Å². The minimum Gasteiger partial charge on any atom is -0.274 e. The Morgan fingerprint density at radius 3 is 2.67 bits per heavy atom. The third-order valence-corrected chi connectivity index (χ3v) is 1.58. The third-order valence-electron chi connectivity index (χ3n) is 1.58. The van der Waals surface area contributed by atoms with Gasteiger partial charge in [0.05, 0.1) is 6.07 Å². The van der Waals surface area contributed by atoms with Crippen LogP contribution < -0.4 is 0 Å². The second kappa shape index (κ2) is 4.30. The standard InChI is InChI=1S/C10H10N2/c1-9(12-8-7-11)10-5-3-2-4-6-10/h2-6H,8H2,1H3/b12-9+. The molecule has 0 aliphatic carbocycles. The summed E-state index contributed by atoms with van der Waals surface area (Å²) in [6.45, 7) is 2.15.